The van der Waals surface area contributed by atoms with Gasteiger partial charge in [-0.3, -0.25) is 4.79 Å². The molecule has 7 heteroatoms. The van der Waals surface area contributed by atoms with Crippen molar-refractivity contribution in [1.29, 1.82) is 0 Å². The topological polar surface area (TPSA) is 97.2 Å². The van der Waals surface area contributed by atoms with E-state index >= 15 is 0 Å². The number of para-hydroxylation sites is 1. The number of fused-ring (bicyclic) bond motifs is 1. The van der Waals surface area contributed by atoms with Crippen molar-refractivity contribution in [2.45, 2.75) is 55.9 Å². The summed E-state index contributed by atoms with van der Waals surface area (Å²) >= 11 is 6.68. The number of aromatic nitrogens is 1. The Labute approximate surface area is 205 Å². The van der Waals surface area contributed by atoms with Gasteiger partial charge in [0.15, 0.2) is 5.60 Å². The van der Waals surface area contributed by atoms with Gasteiger partial charge >= 0.3 is 6.09 Å². The van der Waals surface area contributed by atoms with Crippen LogP contribution in [-0.2, 0) is 22.4 Å². The molecule has 1 aliphatic carbocycles. The highest BCUT2D eigenvalue weighted by atomic mass is 35.5. The maximum absolute atomic E-state index is 13.7. The van der Waals surface area contributed by atoms with Crippen molar-refractivity contribution in [3.05, 3.63) is 71.9 Å². The first-order chi connectivity index (χ1) is 16.5. The van der Waals surface area contributed by atoms with Gasteiger partial charge in [-0.05, 0) is 42.4 Å². The van der Waals surface area contributed by atoms with Crippen LogP contribution in [0, 0.1) is 5.92 Å². The monoisotopic (exact) mass is 481 g/mol. The van der Waals surface area contributed by atoms with Crippen molar-refractivity contribution in [3.8, 4) is 0 Å². The van der Waals surface area contributed by atoms with Crippen molar-refractivity contribution in [2.75, 3.05) is 6.54 Å². The summed E-state index contributed by atoms with van der Waals surface area (Å²) in [4.78, 5) is 29.1. The molecule has 4 N–H and O–H groups in total. The van der Waals surface area contributed by atoms with E-state index in [0.29, 0.717) is 19.4 Å². The Morgan fingerprint density at radius 1 is 1.09 bits per heavy atom. The van der Waals surface area contributed by atoms with Gasteiger partial charge < -0.3 is 20.8 Å². The summed E-state index contributed by atoms with van der Waals surface area (Å²) in [5.74, 6) is -0.276. The van der Waals surface area contributed by atoms with E-state index in [1.165, 1.54) is 0 Å². The maximum Gasteiger partial charge on any atom is 0.405 e. The number of benzene rings is 2. The first-order valence-corrected chi connectivity index (χ1v) is 12.4. The summed E-state index contributed by atoms with van der Waals surface area (Å²) in [6, 6.07) is 17.8. The van der Waals surface area contributed by atoms with Crippen LogP contribution in [0.15, 0.2) is 60.8 Å². The molecule has 1 saturated carbocycles. The Kier molecular flexibility index (Phi) is 7.78. The summed E-state index contributed by atoms with van der Waals surface area (Å²) < 4.78 is 5.73. The number of halogens is 1. The first-order valence-electron chi connectivity index (χ1n) is 12.0. The zero-order valence-corrected chi connectivity index (χ0v) is 20.0. The maximum atomic E-state index is 13.7. The molecule has 1 aliphatic rings. The number of carbonyl (C=O) groups is 2. The van der Waals surface area contributed by atoms with Crippen LogP contribution in [0.4, 0.5) is 4.79 Å². The van der Waals surface area contributed by atoms with Crippen molar-refractivity contribution in [1.82, 2.24) is 10.3 Å². The van der Waals surface area contributed by atoms with Crippen LogP contribution in [0.2, 0.25) is 0 Å². The van der Waals surface area contributed by atoms with E-state index in [1.54, 1.807) is 0 Å². The largest absolute Gasteiger partial charge is 0.433 e. The lowest BCUT2D eigenvalue weighted by molar-refractivity contribution is -0.142. The molecule has 1 unspecified atom stereocenters. The lowest BCUT2D eigenvalue weighted by atomic mass is 9.77. The fourth-order valence-corrected chi connectivity index (χ4v) is 5.46. The minimum absolute atomic E-state index is 0.0554. The van der Waals surface area contributed by atoms with Crippen LogP contribution >= 0.6 is 11.6 Å². The third kappa shape index (κ3) is 5.73. The molecule has 0 bridgehead atoms. The second kappa shape index (κ2) is 11.0. The first kappa shape index (κ1) is 24.1. The summed E-state index contributed by atoms with van der Waals surface area (Å²) in [5, 5.41) is 3.94. The molecule has 4 rings (SSSR count). The molecular weight excluding hydrogens is 450 g/mol. The van der Waals surface area contributed by atoms with E-state index in [4.69, 9.17) is 22.1 Å². The molecule has 3 atom stereocenters. The Hall–Kier alpha value is -2.99. The Bertz CT molecular complexity index is 1120. The zero-order chi connectivity index (χ0) is 24.0. The molecule has 1 heterocycles. The van der Waals surface area contributed by atoms with E-state index in [0.717, 1.165) is 47.7 Å². The average Bonchev–Trinajstić information content (AvgIpc) is 3.23. The number of nitrogens with two attached hydrogens (primary N) is 1. The molecule has 1 fully saturated rings. The Morgan fingerprint density at radius 2 is 1.82 bits per heavy atom. The van der Waals surface area contributed by atoms with Crippen LogP contribution in [0.25, 0.3) is 10.9 Å². The number of carbonyl (C=O) groups excluding carboxylic acids is 2. The number of amides is 2. The van der Waals surface area contributed by atoms with E-state index in [2.05, 4.69) is 10.3 Å². The van der Waals surface area contributed by atoms with Gasteiger partial charge in [-0.15, -0.1) is 11.6 Å². The number of nitrogens with one attached hydrogen (secondary N) is 2. The second-order valence-electron chi connectivity index (χ2n) is 9.21. The predicted molar refractivity (Wildman–Crippen MR) is 135 cm³/mol. The van der Waals surface area contributed by atoms with Gasteiger partial charge in [-0.1, -0.05) is 61.4 Å². The van der Waals surface area contributed by atoms with Crippen LogP contribution in [-0.4, -0.2) is 34.5 Å². The molecule has 0 aliphatic heterocycles. The molecule has 180 valence electrons. The van der Waals surface area contributed by atoms with Gasteiger partial charge in [-0.25, -0.2) is 4.79 Å². The third-order valence-corrected chi connectivity index (χ3v) is 7.39. The molecule has 1 aromatic heterocycles. The quantitative estimate of drug-likeness (QED) is 0.371. The molecule has 3 aromatic rings. The Balaban J connectivity index is 1.62. The van der Waals surface area contributed by atoms with Gasteiger partial charge in [0.1, 0.15) is 0 Å². The highest BCUT2D eigenvalue weighted by Crippen LogP contribution is 2.38. The van der Waals surface area contributed by atoms with E-state index < -0.39 is 11.7 Å². The smallest absolute Gasteiger partial charge is 0.405 e. The van der Waals surface area contributed by atoms with Gasteiger partial charge in [0.2, 0.25) is 0 Å². The molecular formula is C27H32ClN3O3. The summed E-state index contributed by atoms with van der Waals surface area (Å²) in [5.41, 5.74) is 7.07. The van der Waals surface area contributed by atoms with Crippen LogP contribution in [0.5, 0.6) is 0 Å². The minimum atomic E-state index is -1.44. The van der Waals surface area contributed by atoms with Crippen molar-refractivity contribution in [3.63, 3.8) is 0 Å². The predicted octanol–water partition coefficient (Wildman–Crippen LogP) is 5.09. The number of hydrogen-bond donors (Lipinski definition) is 3. The molecule has 34 heavy (non-hydrogen) atoms. The Morgan fingerprint density at radius 3 is 2.59 bits per heavy atom. The van der Waals surface area contributed by atoms with Gasteiger partial charge in [0, 0.05) is 41.9 Å². The zero-order valence-electron chi connectivity index (χ0n) is 19.3. The fraction of sp³-hybridized carbons (Fsp3) is 0.407. The lowest BCUT2D eigenvalue weighted by Gasteiger charge is -2.37. The van der Waals surface area contributed by atoms with Crippen molar-refractivity contribution >= 4 is 34.5 Å². The van der Waals surface area contributed by atoms with Crippen LogP contribution < -0.4 is 11.1 Å². The SMILES string of the molecule is NC(=O)OC(Cc1c[nH]c2ccccc12)(C[C@@H]1CCCC[C@H]1Cl)C(=O)NCCc1ccccc1. The third-order valence-electron chi connectivity index (χ3n) is 6.81. The van der Waals surface area contributed by atoms with Gasteiger partial charge in [0.05, 0.1) is 0 Å². The number of aromatic amines is 1. The summed E-state index contributed by atoms with van der Waals surface area (Å²) in [6.45, 7) is 0.426. The average molecular weight is 482 g/mol. The number of primary amides is 1. The lowest BCUT2D eigenvalue weighted by Crippen LogP contribution is -2.54. The highest BCUT2D eigenvalue weighted by Gasteiger charge is 2.46. The molecule has 6 nitrogen and oxygen atoms in total. The summed E-state index contributed by atoms with van der Waals surface area (Å²) in [6.07, 6.45) is 6.04. The molecule has 0 radical (unpaired) electrons. The number of H-pyrrole nitrogens is 1. The number of rotatable bonds is 9. The molecule has 2 amide bonds. The standard InChI is InChI=1S/C27H32ClN3O3/c28-23-12-6-4-10-20(23)16-27(34-26(29)33,17-21-18-31-24-13-7-5-11-22(21)24)25(32)30-15-14-19-8-2-1-3-9-19/h1-3,5,7-9,11,13,18,20,23,31H,4,6,10,12,14-17H2,(H2,29,33)(H,30,32)/t20-,23+,27?/m0/s1. The summed E-state index contributed by atoms with van der Waals surface area (Å²) in [7, 11) is 0. The number of hydrogen-bond acceptors (Lipinski definition) is 3. The minimum Gasteiger partial charge on any atom is -0.433 e. The van der Waals surface area contributed by atoms with Gasteiger partial charge in [0.25, 0.3) is 5.91 Å². The fourth-order valence-electron chi connectivity index (χ4n) is 5.09. The molecule has 0 spiro atoms. The normalized spacial score (nSPS) is 19.9. The van der Waals surface area contributed by atoms with Gasteiger partial charge in [-0.2, -0.15) is 0 Å². The second-order valence-corrected chi connectivity index (χ2v) is 9.77. The molecule has 0 saturated heterocycles. The van der Waals surface area contributed by atoms with E-state index in [-0.39, 0.29) is 23.6 Å². The van der Waals surface area contributed by atoms with Crippen molar-refractivity contribution < 1.29 is 14.3 Å². The van der Waals surface area contributed by atoms with E-state index in [1.807, 2.05) is 60.8 Å². The molecule has 2 aromatic carbocycles. The van der Waals surface area contributed by atoms with Crippen molar-refractivity contribution in [2.24, 2.45) is 11.7 Å². The number of ether oxygens (including phenoxy) is 1. The van der Waals surface area contributed by atoms with Crippen LogP contribution in [0.1, 0.15) is 43.2 Å². The highest BCUT2D eigenvalue weighted by molar-refractivity contribution is 6.20. The van der Waals surface area contributed by atoms with Crippen LogP contribution in [0.3, 0.4) is 0 Å². The van der Waals surface area contributed by atoms with E-state index in [9.17, 15) is 9.59 Å². The number of alkyl halides is 1.